The van der Waals surface area contributed by atoms with Crippen LogP contribution in [0, 0.1) is 5.92 Å². The maximum atomic E-state index is 13.4. The van der Waals surface area contributed by atoms with Crippen LogP contribution in [0.2, 0.25) is 0 Å². The standard InChI is InChI=1S/C22H26N6O3S/c29-22(26-11-1-2-12-26)19-16-27(25-24-19)14-17-6-5-13-28(15-17)32(30,31)20-9-3-7-18-8-4-10-23-21(18)20/h3-4,7-10,16-17H,1-2,5-6,11-15H2. The molecule has 2 saturated heterocycles. The van der Waals surface area contributed by atoms with E-state index in [1.54, 1.807) is 39.6 Å². The van der Waals surface area contributed by atoms with E-state index in [9.17, 15) is 13.2 Å². The Morgan fingerprint density at radius 3 is 2.72 bits per heavy atom. The summed E-state index contributed by atoms with van der Waals surface area (Å²) in [6, 6.07) is 8.92. The lowest BCUT2D eigenvalue weighted by atomic mass is 10.00. The summed E-state index contributed by atoms with van der Waals surface area (Å²) in [5, 5.41) is 8.99. The van der Waals surface area contributed by atoms with Gasteiger partial charge in [0.15, 0.2) is 5.69 Å². The maximum Gasteiger partial charge on any atom is 0.276 e. The van der Waals surface area contributed by atoms with Crippen molar-refractivity contribution in [2.75, 3.05) is 26.2 Å². The number of pyridine rings is 1. The Morgan fingerprint density at radius 2 is 1.88 bits per heavy atom. The van der Waals surface area contributed by atoms with Crippen molar-refractivity contribution in [2.24, 2.45) is 5.92 Å². The largest absolute Gasteiger partial charge is 0.337 e. The number of hydrogen-bond donors (Lipinski definition) is 0. The molecule has 10 heteroatoms. The number of para-hydroxylation sites is 1. The number of piperidine rings is 1. The average Bonchev–Trinajstić information content (AvgIpc) is 3.51. The summed E-state index contributed by atoms with van der Waals surface area (Å²) in [4.78, 5) is 18.9. The fraction of sp³-hybridized carbons (Fsp3) is 0.455. The van der Waals surface area contributed by atoms with Gasteiger partial charge in [-0.3, -0.25) is 14.5 Å². The van der Waals surface area contributed by atoms with Crippen LogP contribution in [0.4, 0.5) is 0 Å². The molecule has 4 heterocycles. The van der Waals surface area contributed by atoms with Crippen molar-refractivity contribution in [3.63, 3.8) is 0 Å². The van der Waals surface area contributed by atoms with Gasteiger partial charge < -0.3 is 4.90 Å². The van der Waals surface area contributed by atoms with E-state index >= 15 is 0 Å². The quantitative estimate of drug-likeness (QED) is 0.586. The van der Waals surface area contributed by atoms with Gasteiger partial charge in [-0.05, 0) is 43.7 Å². The molecule has 0 N–H and O–H groups in total. The molecule has 2 aliphatic rings. The van der Waals surface area contributed by atoms with Gasteiger partial charge in [0, 0.05) is 44.3 Å². The van der Waals surface area contributed by atoms with Gasteiger partial charge >= 0.3 is 0 Å². The number of carbonyl (C=O) groups is 1. The van der Waals surface area contributed by atoms with Crippen LogP contribution in [0.25, 0.3) is 10.9 Å². The molecule has 0 saturated carbocycles. The third-order valence-corrected chi connectivity index (χ3v) is 8.19. The molecule has 2 aromatic heterocycles. The molecular weight excluding hydrogens is 428 g/mol. The van der Waals surface area contributed by atoms with Gasteiger partial charge in [0.2, 0.25) is 10.0 Å². The molecule has 32 heavy (non-hydrogen) atoms. The number of likely N-dealkylation sites (tertiary alicyclic amines) is 1. The van der Waals surface area contributed by atoms with Crippen molar-refractivity contribution in [1.29, 1.82) is 0 Å². The molecule has 5 rings (SSSR count). The SMILES string of the molecule is O=C(c1cn(CC2CCCN(S(=O)(=O)c3cccc4cccnc34)C2)nn1)N1CCCC1. The highest BCUT2D eigenvalue weighted by molar-refractivity contribution is 7.89. The number of nitrogens with zero attached hydrogens (tertiary/aromatic N) is 6. The molecule has 0 radical (unpaired) electrons. The summed E-state index contributed by atoms with van der Waals surface area (Å²) in [6.07, 6.45) is 7.03. The van der Waals surface area contributed by atoms with Crippen molar-refractivity contribution in [3.05, 3.63) is 48.4 Å². The van der Waals surface area contributed by atoms with Gasteiger partial charge in [-0.2, -0.15) is 4.31 Å². The Labute approximate surface area is 187 Å². The minimum atomic E-state index is -3.67. The molecule has 2 fully saturated rings. The Morgan fingerprint density at radius 1 is 1.06 bits per heavy atom. The van der Waals surface area contributed by atoms with Crippen LogP contribution in [0.5, 0.6) is 0 Å². The van der Waals surface area contributed by atoms with E-state index in [2.05, 4.69) is 15.3 Å². The van der Waals surface area contributed by atoms with E-state index in [0.717, 1.165) is 44.2 Å². The molecule has 1 unspecified atom stereocenters. The van der Waals surface area contributed by atoms with Gasteiger partial charge in [0.05, 0.1) is 11.7 Å². The highest BCUT2D eigenvalue weighted by Gasteiger charge is 2.32. The Bertz CT molecular complexity index is 1230. The summed E-state index contributed by atoms with van der Waals surface area (Å²) in [7, 11) is -3.67. The fourth-order valence-electron chi connectivity index (χ4n) is 4.65. The third-order valence-electron chi connectivity index (χ3n) is 6.29. The predicted octanol–water partition coefficient (Wildman–Crippen LogP) is 2.16. The molecule has 9 nitrogen and oxygen atoms in total. The van der Waals surface area contributed by atoms with Gasteiger partial charge in [-0.1, -0.05) is 23.4 Å². The van der Waals surface area contributed by atoms with E-state index in [-0.39, 0.29) is 16.7 Å². The number of sulfonamides is 1. The molecule has 1 atom stereocenters. The maximum absolute atomic E-state index is 13.4. The minimum Gasteiger partial charge on any atom is -0.337 e. The second-order valence-electron chi connectivity index (χ2n) is 8.53. The van der Waals surface area contributed by atoms with Crippen LogP contribution in [0.1, 0.15) is 36.2 Å². The monoisotopic (exact) mass is 454 g/mol. The highest BCUT2D eigenvalue weighted by Crippen LogP contribution is 2.28. The number of aromatic nitrogens is 4. The minimum absolute atomic E-state index is 0.0787. The summed E-state index contributed by atoms with van der Waals surface area (Å²) in [6.45, 7) is 2.95. The van der Waals surface area contributed by atoms with Gasteiger partial charge in [-0.25, -0.2) is 8.42 Å². The van der Waals surface area contributed by atoms with Crippen molar-refractivity contribution >= 4 is 26.8 Å². The first kappa shape index (κ1) is 21.0. The average molecular weight is 455 g/mol. The number of fused-ring (bicyclic) bond motifs is 1. The zero-order chi connectivity index (χ0) is 22.1. The van der Waals surface area contributed by atoms with Crippen LogP contribution >= 0.6 is 0 Å². The first-order valence-corrected chi connectivity index (χ1v) is 12.5. The normalized spacial score (nSPS) is 20.1. The molecule has 3 aromatic rings. The molecular formula is C22H26N6O3S. The Kier molecular flexibility index (Phi) is 5.64. The van der Waals surface area contributed by atoms with Crippen LogP contribution in [0.3, 0.4) is 0 Å². The van der Waals surface area contributed by atoms with Crippen LogP contribution in [-0.4, -0.2) is 69.7 Å². The fourth-order valence-corrected chi connectivity index (χ4v) is 6.37. The van der Waals surface area contributed by atoms with Crippen molar-refractivity contribution in [3.8, 4) is 0 Å². The van der Waals surface area contributed by atoms with E-state index in [4.69, 9.17) is 0 Å². The topological polar surface area (TPSA) is 101 Å². The zero-order valence-electron chi connectivity index (χ0n) is 17.8. The third kappa shape index (κ3) is 4.00. The second kappa shape index (κ2) is 8.59. The van der Waals surface area contributed by atoms with E-state index in [1.165, 1.54) is 0 Å². The number of benzene rings is 1. The van der Waals surface area contributed by atoms with Crippen LogP contribution in [-0.2, 0) is 16.6 Å². The first-order chi connectivity index (χ1) is 15.5. The highest BCUT2D eigenvalue weighted by atomic mass is 32.2. The number of hydrogen-bond acceptors (Lipinski definition) is 6. The number of rotatable bonds is 5. The molecule has 0 bridgehead atoms. The molecule has 1 aromatic carbocycles. The predicted molar refractivity (Wildman–Crippen MR) is 118 cm³/mol. The van der Waals surface area contributed by atoms with Crippen molar-refractivity contribution < 1.29 is 13.2 Å². The Hall–Kier alpha value is -2.85. The molecule has 0 spiro atoms. The van der Waals surface area contributed by atoms with Crippen molar-refractivity contribution in [2.45, 2.75) is 37.1 Å². The second-order valence-corrected chi connectivity index (χ2v) is 10.4. The molecule has 168 valence electrons. The van der Waals surface area contributed by atoms with Crippen molar-refractivity contribution in [1.82, 2.24) is 29.2 Å². The van der Waals surface area contributed by atoms with Gasteiger partial charge in [0.25, 0.3) is 5.91 Å². The van der Waals surface area contributed by atoms with E-state index < -0.39 is 10.0 Å². The number of amides is 1. The lowest BCUT2D eigenvalue weighted by molar-refractivity contribution is 0.0787. The summed E-state index contributed by atoms with van der Waals surface area (Å²) in [5.41, 5.74) is 0.854. The van der Waals surface area contributed by atoms with Crippen LogP contribution < -0.4 is 0 Å². The zero-order valence-corrected chi connectivity index (χ0v) is 18.6. The van der Waals surface area contributed by atoms with Gasteiger partial charge in [-0.15, -0.1) is 5.10 Å². The van der Waals surface area contributed by atoms with Gasteiger partial charge in [0.1, 0.15) is 4.90 Å². The van der Waals surface area contributed by atoms with E-state index in [0.29, 0.717) is 30.8 Å². The molecule has 0 aliphatic carbocycles. The summed E-state index contributed by atoms with van der Waals surface area (Å²) >= 11 is 0. The Balaban J connectivity index is 1.31. The lowest BCUT2D eigenvalue weighted by Gasteiger charge is -2.32. The number of carbonyl (C=O) groups excluding carboxylic acids is 1. The summed E-state index contributed by atoms with van der Waals surface area (Å²) < 4.78 is 30.1. The summed E-state index contributed by atoms with van der Waals surface area (Å²) in [5.74, 6) is 0.0166. The first-order valence-electron chi connectivity index (χ1n) is 11.1. The lowest BCUT2D eigenvalue weighted by Crippen LogP contribution is -2.41. The molecule has 2 aliphatic heterocycles. The smallest absolute Gasteiger partial charge is 0.276 e. The molecule has 1 amide bonds. The van der Waals surface area contributed by atoms with Crippen LogP contribution in [0.15, 0.2) is 47.6 Å². The van der Waals surface area contributed by atoms with E-state index in [1.807, 2.05) is 17.0 Å².